The fourth-order valence-corrected chi connectivity index (χ4v) is 2.65. The van der Waals surface area contributed by atoms with Gasteiger partial charge in [-0.25, -0.2) is 4.98 Å². The number of para-hydroxylation sites is 1. The summed E-state index contributed by atoms with van der Waals surface area (Å²) in [6.45, 7) is 0. The summed E-state index contributed by atoms with van der Waals surface area (Å²) in [4.78, 5) is 17.0. The Balaban J connectivity index is 1.92. The molecule has 2 aromatic carbocycles. The van der Waals surface area contributed by atoms with E-state index in [2.05, 4.69) is 4.98 Å². The average molecular weight is 349 g/mol. The Kier molecular flexibility index (Phi) is 5.17. The molecule has 0 aliphatic heterocycles. The first-order chi connectivity index (χ1) is 12.7. The van der Waals surface area contributed by atoms with Crippen molar-refractivity contribution in [2.75, 3.05) is 21.3 Å². The van der Waals surface area contributed by atoms with Gasteiger partial charge in [0.2, 0.25) is 5.88 Å². The van der Waals surface area contributed by atoms with Crippen molar-refractivity contribution in [3.8, 4) is 17.4 Å². The number of ketones is 1. The summed E-state index contributed by atoms with van der Waals surface area (Å²) >= 11 is 0. The van der Waals surface area contributed by atoms with Crippen LogP contribution >= 0.6 is 0 Å². The van der Waals surface area contributed by atoms with Gasteiger partial charge in [-0.2, -0.15) is 0 Å². The fourth-order valence-electron chi connectivity index (χ4n) is 2.65. The first-order valence-electron chi connectivity index (χ1n) is 8.04. The smallest absolute Gasteiger partial charge is 0.221 e. The summed E-state index contributed by atoms with van der Waals surface area (Å²) in [7, 11) is 4.65. The molecule has 0 aliphatic rings. The van der Waals surface area contributed by atoms with E-state index in [1.165, 1.54) is 13.2 Å². The molecule has 3 rings (SSSR count). The van der Waals surface area contributed by atoms with Crippen LogP contribution in [0.5, 0.6) is 17.4 Å². The summed E-state index contributed by atoms with van der Waals surface area (Å²) in [6.07, 6.45) is 3.20. The van der Waals surface area contributed by atoms with Crippen molar-refractivity contribution >= 4 is 22.8 Å². The van der Waals surface area contributed by atoms with Crippen LogP contribution < -0.4 is 14.2 Å². The first kappa shape index (κ1) is 17.5. The highest BCUT2D eigenvalue weighted by atomic mass is 16.5. The standard InChI is InChI=1S/C21H19NO4/c1-24-19-11-9-15(13-20(19)25-2)18(23)10-8-16-12-14-6-4-5-7-17(14)22-21(16)26-3/h4-13H,1-3H3/b10-8+. The molecule has 5 nitrogen and oxygen atoms in total. The van der Waals surface area contributed by atoms with E-state index in [9.17, 15) is 4.79 Å². The molecule has 0 N–H and O–H groups in total. The highest BCUT2D eigenvalue weighted by Crippen LogP contribution is 2.28. The minimum absolute atomic E-state index is 0.152. The number of pyridine rings is 1. The van der Waals surface area contributed by atoms with Crippen LogP contribution in [-0.4, -0.2) is 32.1 Å². The van der Waals surface area contributed by atoms with Crippen molar-refractivity contribution < 1.29 is 19.0 Å². The molecule has 0 aliphatic carbocycles. The van der Waals surface area contributed by atoms with Gasteiger partial charge in [0.25, 0.3) is 0 Å². The molecule has 1 aromatic heterocycles. The largest absolute Gasteiger partial charge is 0.493 e. The molecule has 0 amide bonds. The van der Waals surface area contributed by atoms with Crippen LogP contribution in [0, 0.1) is 0 Å². The van der Waals surface area contributed by atoms with Gasteiger partial charge in [-0.05, 0) is 42.5 Å². The van der Waals surface area contributed by atoms with Gasteiger partial charge in [0, 0.05) is 16.5 Å². The van der Waals surface area contributed by atoms with Gasteiger partial charge in [-0.1, -0.05) is 18.2 Å². The molecule has 0 saturated heterocycles. The Bertz CT molecular complexity index is 979. The second-order valence-corrected chi connectivity index (χ2v) is 5.55. The van der Waals surface area contributed by atoms with Gasteiger partial charge in [0.05, 0.1) is 26.8 Å². The van der Waals surface area contributed by atoms with Crippen molar-refractivity contribution in [3.05, 3.63) is 65.7 Å². The Morgan fingerprint density at radius 3 is 2.42 bits per heavy atom. The summed E-state index contributed by atoms with van der Waals surface area (Å²) in [5.74, 6) is 1.41. The van der Waals surface area contributed by atoms with Crippen molar-refractivity contribution in [2.24, 2.45) is 0 Å². The van der Waals surface area contributed by atoms with Crippen LogP contribution in [0.2, 0.25) is 0 Å². The highest BCUT2D eigenvalue weighted by molar-refractivity contribution is 6.07. The number of carbonyl (C=O) groups is 1. The van der Waals surface area contributed by atoms with Crippen LogP contribution in [0.25, 0.3) is 17.0 Å². The molecule has 0 spiro atoms. The fraction of sp³-hybridized carbons (Fsp3) is 0.143. The molecule has 1 heterocycles. The zero-order valence-corrected chi connectivity index (χ0v) is 14.9. The zero-order valence-electron chi connectivity index (χ0n) is 14.9. The number of methoxy groups -OCH3 is 3. The molecule has 0 atom stereocenters. The summed E-state index contributed by atoms with van der Waals surface area (Å²) in [6, 6.07) is 14.8. The lowest BCUT2D eigenvalue weighted by Crippen LogP contribution is -1.98. The van der Waals surface area contributed by atoms with Gasteiger partial charge < -0.3 is 14.2 Å². The molecule has 26 heavy (non-hydrogen) atoms. The SMILES string of the molecule is COc1ccc(C(=O)/C=C/c2cc3ccccc3nc2OC)cc1OC. The normalized spacial score (nSPS) is 10.9. The predicted molar refractivity (Wildman–Crippen MR) is 101 cm³/mol. The van der Waals surface area contributed by atoms with E-state index < -0.39 is 0 Å². The monoisotopic (exact) mass is 349 g/mol. The molecule has 0 unspecified atom stereocenters. The van der Waals surface area contributed by atoms with Crippen LogP contribution in [0.4, 0.5) is 0 Å². The summed E-state index contributed by atoms with van der Waals surface area (Å²) < 4.78 is 15.8. The third-order valence-corrected chi connectivity index (χ3v) is 3.99. The molecule has 0 saturated carbocycles. The topological polar surface area (TPSA) is 57.7 Å². The molecule has 0 radical (unpaired) electrons. The van der Waals surface area contributed by atoms with Gasteiger partial charge in [-0.15, -0.1) is 0 Å². The number of carbonyl (C=O) groups excluding carboxylic acids is 1. The lowest BCUT2D eigenvalue weighted by atomic mass is 10.1. The van der Waals surface area contributed by atoms with Crippen molar-refractivity contribution in [3.63, 3.8) is 0 Å². The second-order valence-electron chi connectivity index (χ2n) is 5.55. The van der Waals surface area contributed by atoms with E-state index in [0.29, 0.717) is 22.9 Å². The highest BCUT2D eigenvalue weighted by Gasteiger charge is 2.10. The molecule has 3 aromatic rings. The number of aromatic nitrogens is 1. The number of nitrogens with zero attached hydrogens (tertiary/aromatic N) is 1. The molecule has 132 valence electrons. The van der Waals surface area contributed by atoms with Crippen molar-refractivity contribution in [1.29, 1.82) is 0 Å². The van der Waals surface area contributed by atoms with E-state index in [4.69, 9.17) is 14.2 Å². The number of ether oxygens (including phenoxy) is 3. The summed E-state index contributed by atoms with van der Waals surface area (Å²) in [5, 5.41) is 0.978. The lowest BCUT2D eigenvalue weighted by Gasteiger charge is -2.08. The number of hydrogen-bond donors (Lipinski definition) is 0. The van der Waals surface area contributed by atoms with Crippen LogP contribution in [0.3, 0.4) is 0 Å². The molecular formula is C21H19NO4. The van der Waals surface area contributed by atoms with Crippen molar-refractivity contribution in [1.82, 2.24) is 4.98 Å². The van der Waals surface area contributed by atoms with Crippen LogP contribution in [-0.2, 0) is 0 Å². The number of benzene rings is 2. The number of fused-ring (bicyclic) bond motifs is 1. The molecule has 0 fully saturated rings. The van der Waals surface area contributed by atoms with Crippen molar-refractivity contribution in [2.45, 2.75) is 0 Å². The maximum Gasteiger partial charge on any atom is 0.221 e. The Morgan fingerprint density at radius 2 is 1.69 bits per heavy atom. The van der Waals surface area contributed by atoms with E-state index in [0.717, 1.165) is 16.5 Å². The van der Waals surface area contributed by atoms with E-state index in [1.54, 1.807) is 38.5 Å². The quantitative estimate of drug-likeness (QED) is 0.494. The second kappa shape index (κ2) is 7.70. The van der Waals surface area contributed by atoms with E-state index in [-0.39, 0.29) is 5.78 Å². The van der Waals surface area contributed by atoms with Gasteiger partial charge >= 0.3 is 0 Å². The number of rotatable bonds is 6. The third-order valence-electron chi connectivity index (χ3n) is 3.99. The Morgan fingerprint density at radius 1 is 0.923 bits per heavy atom. The Hall–Kier alpha value is -3.34. The van der Waals surface area contributed by atoms with Gasteiger partial charge in [0.1, 0.15) is 0 Å². The zero-order chi connectivity index (χ0) is 18.5. The van der Waals surface area contributed by atoms with Crippen LogP contribution in [0.15, 0.2) is 54.6 Å². The van der Waals surface area contributed by atoms with Gasteiger partial charge in [0.15, 0.2) is 17.3 Å². The molecule has 0 bridgehead atoms. The molecular weight excluding hydrogens is 330 g/mol. The maximum absolute atomic E-state index is 12.5. The number of allylic oxidation sites excluding steroid dienone is 1. The van der Waals surface area contributed by atoms with Crippen LogP contribution in [0.1, 0.15) is 15.9 Å². The minimum atomic E-state index is -0.152. The van der Waals surface area contributed by atoms with E-state index in [1.807, 2.05) is 30.3 Å². The summed E-state index contributed by atoms with van der Waals surface area (Å²) in [5.41, 5.74) is 2.08. The Labute approximate surface area is 151 Å². The van der Waals surface area contributed by atoms with E-state index >= 15 is 0 Å². The third kappa shape index (κ3) is 3.52. The maximum atomic E-state index is 12.5. The first-order valence-corrected chi connectivity index (χ1v) is 8.04. The number of hydrogen-bond acceptors (Lipinski definition) is 5. The lowest BCUT2D eigenvalue weighted by molar-refractivity contribution is 0.104. The average Bonchev–Trinajstić information content (AvgIpc) is 2.70. The van der Waals surface area contributed by atoms with Gasteiger partial charge in [-0.3, -0.25) is 4.79 Å². The predicted octanol–water partition coefficient (Wildman–Crippen LogP) is 4.16. The minimum Gasteiger partial charge on any atom is -0.493 e. The molecule has 5 heteroatoms.